The van der Waals surface area contributed by atoms with Gasteiger partial charge in [-0.15, -0.1) is 0 Å². The molecule has 0 aromatic heterocycles. The van der Waals surface area contributed by atoms with Crippen LogP contribution in [0.15, 0.2) is 0 Å². The Morgan fingerprint density at radius 2 is 1.44 bits per heavy atom. The first-order valence-electron chi connectivity index (χ1n) is 7.15. The van der Waals surface area contributed by atoms with Crippen LogP contribution in [-0.2, 0) is 8.85 Å². The number of rotatable bonds is 10. The Morgan fingerprint density at radius 1 is 1.00 bits per heavy atom. The summed E-state index contributed by atoms with van der Waals surface area (Å²) in [5.74, 6) is 1.97. The van der Waals surface area contributed by atoms with Gasteiger partial charge in [-0.25, -0.2) is 0 Å². The molecule has 0 aromatic carbocycles. The fraction of sp³-hybridized carbons (Fsp3) is 1.00. The molecular formula is C13H32O2SSi2. The van der Waals surface area contributed by atoms with Crippen LogP contribution in [0.5, 0.6) is 0 Å². The van der Waals surface area contributed by atoms with Crippen molar-refractivity contribution < 1.29 is 8.85 Å². The van der Waals surface area contributed by atoms with Gasteiger partial charge >= 0.3 is 8.56 Å². The van der Waals surface area contributed by atoms with Crippen molar-refractivity contribution in [2.45, 2.75) is 58.4 Å². The van der Waals surface area contributed by atoms with E-state index in [0.29, 0.717) is 5.92 Å². The molecule has 18 heavy (non-hydrogen) atoms. The minimum atomic E-state index is -1.89. The van der Waals surface area contributed by atoms with Crippen molar-refractivity contribution in [1.82, 2.24) is 0 Å². The molecule has 0 bridgehead atoms. The first-order valence-corrected chi connectivity index (χ1v) is 14.0. The molecule has 0 N–H and O–H groups in total. The fourth-order valence-corrected chi connectivity index (χ4v) is 11.1. The summed E-state index contributed by atoms with van der Waals surface area (Å²) in [6.45, 7) is 11.6. The minimum Gasteiger partial charge on any atom is -0.398 e. The highest BCUT2D eigenvalue weighted by Crippen LogP contribution is 2.35. The summed E-state index contributed by atoms with van der Waals surface area (Å²) in [4.78, 5) is 0. The monoisotopic (exact) mass is 308 g/mol. The lowest BCUT2D eigenvalue weighted by atomic mass is 10.3. The maximum absolute atomic E-state index is 5.59. The summed E-state index contributed by atoms with van der Waals surface area (Å²) < 4.78 is 11.2. The normalized spacial score (nSPS) is 14.8. The Labute approximate surface area is 120 Å². The van der Waals surface area contributed by atoms with E-state index in [-0.39, 0.29) is 0 Å². The quantitative estimate of drug-likeness (QED) is 0.544. The Balaban J connectivity index is 4.28. The molecule has 0 rings (SSSR count). The van der Waals surface area contributed by atoms with E-state index in [2.05, 4.69) is 45.5 Å². The van der Waals surface area contributed by atoms with E-state index in [1.165, 1.54) is 23.9 Å². The number of hydrogen-bond acceptors (Lipinski definition) is 3. The van der Waals surface area contributed by atoms with Gasteiger partial charge in [-0.1, -0.05) is 45.8 Å². The molecule has 0 fully saturated rings. The standard InChI is InChI=1S/C13H32O2SSi2/c1-8-18(9-2,10-3)16-11-13(4)12-17(7,14-5)15-6/h13H,8-12H2,1-7H3. The van der Waals surface area contributed by atoms with E-state index in [9.17, 15) is 0 Å². The van der Waals surface area contributed by atoms with Crippen molar-refractivity contribution in [2.75, 3.05) is 20.0 Å². The van der Waals surface area contributed by atoms with Gasteiger partial charge in [0.25, 0.3) is 0 Å². The summed E-state index contributed by atoms with van der Waals surface area (Å²) in [5.41, 5.74) is 0. The Hall–Kier alpha value is 0.704. The van der Waals surface area contributed by atoms with E-state index < -0.39 is 15.8 Å². The average molecular weight is 309 g/mol. The molecule has 0 aromatic rings. The van der Waals surface area contributed by atoms with Crippen LogP contribution in [0, 0.1) is 5.92 Å². The van der Waals surface area contributed by atoms with Gasteiger partial charge in [-0.2, -0.15) is 11.2 Å². The van der Waals surface area contributed by atoms with Crippen LogP contribution in [0.4, 0.5) is 0 Å². The zero-order valence-electron chi connectivity index (χ0n) is 13.3. The summed E-state index contributed by atoms with van der Waals surface area (Å²) in [7, 11) is 0.670. The molecule has 5 heteroatoms. The molecule has 0 saturated heterocycles. The third-order valence-corrected chi connectivity index (χ3v) is 17.5. The third kappa shape index (κ3) is 5.78. The molecule has 110 valence electrons. The van der Waals surface area contributed by atoms with E-state index in [1.807, 2.05) is 0 Å². The van der Waals surface area contributed by atoms with Gasteiger partial charge in [0.1, 0.15) is 7.22 Å². The summed E-state index contributed by atoms with van der Waals surface area (Å²) in [6, 6.07) is 5.32. The summed E-state index contributed by atoms with van der Waals surface area (Å²) in [6.07, 6.45) is 0. The van der Waals surface area contributed by atoms with Gasteiger partial charge in [0.05, 0.1) is 0 Å². The van der Waals surface area contributed by atoms with E-state index in [1.54, 1.807) is 14.2 Å². The first-order chi connectivity index (χ1) is 8.40. The average Bonchev–Trinajstić information content (AvgIpc) is 2.41. The molecule has 1 unspecified atom stereocenters. The SMILES string of the molecule is CC[Si](CC)(CC)SCC(C)C[Si](C)(OC)OC. The minimum absolute atomic E-state index is 0.697. The Bertz CT molecular complexity index is 211. The van der Waals surface area contributed by atoms with Gasteiger partial charge in [-0.3, -0.25) is 0 Å². The zero-order valence-corrected chi connectivity index (χ0v) is 16.2. The second-order valence-corrected chi connectivity index (χ2v) is 17.5. The highest BCUT2D eigenvalue weighted by atomic mass is 32.4. The van der Waals surface area contributed by atoms with Gasteiger partial charge in [0.2, 0.25) is 0 Å². The molecule has 2 nitrogen and oxygen atoms in total. The van der Waals surface area contributed by atoms with E-state index >= 15 is 0 Å². The molecule has 0 aliphatic carbocycles. The topological polar surface area (TPSA) is 18.5 Å². The van der Waals surface area contributed by atoms with Crippen LogP contribution in [0.2, 0.25) is 30.7 Å². The van der Waals surface area contributed by atoms with E-state index in [4.69, 9.17) is 8.85 Å². The molecule has 0 spiro atoms. The lowest BCUT2D eigenvalue weighted by Gasteiger charge is -2.30. The Morgan fingerprint density at radius 3 is 1.78 bits per heavy atom. The maximum atomic E-state index is 5.59. The Kier molecular flexibility index (Phi) is 9.14. The fourth-order valence-electron chi connectivity index (χ4n) is 2.32. The molecule has 0 radical (unpaired) electrons. The van der Waals surface area contributed by atoms with Gasteiger partial charge in [-0.05, 0) is 24.3 Å². The molecule has 0 aliphatic heterocycles. The summed E-state index contributed by atoms with van der Waals surface area (Å²) in [5, 5.41) is 0. The molecule has 1 atom stereocenters. The van der Waals surface area contributed by atoms with Crippen molar-refractivity contribution in [3.8, 4) is 0 Å². The molecule has 0 heterocycles. The molecule has 0 saturated carbocycles. The van der Waals surface area contributed by atoms with Crippen LogP contribution in [0.25, 0.3) is 0 Å². The third-order valence-electron chi connectivity index (χ3n) is 4.19. The second-order valence-electron chi connectivity index (χ2n) is 5.41. The van der Waals surface area contributed by atoms with Crippen LogP contribution < -0.4 is 0 Å². The van der Waals surface area contributed by atoms with Gasteiger partial charge < -0.3 is 8.85 Å². The van der Waals surface area contributed by atoms with Crippen molar-refractivity contribution >= 4 is 27.0 Å². The van der Waals surface area contributed by atoms with Crippen LogP contribution >= 0.6 is 11.2 Å². The van der Waals surface area contributed by atoms with E-state index in [0.717, 1.165) is 6.04 Å². The van der Waals surface area contributed by atoms with Crippen molar-refractivity contribution in [3.63, 3.8) is 0 Å². The van der Waals surface area contributed by atoms with Crippen molar-refractivity contribution in [1.29, 1.82) is 0 Å². The molecular weight excluding hydrogens is 276 g/mol. The van der Waals surface area contributed by atoms with Crippen LogP contribution in [0.1, 0.15) is 27.7 Å². The van der Waals surface area contributed by atoms with Crippen molar-refractivity contribution in [2.24, 2.45) is 5.92 Å². The highest BCUT2D eigenvalue weighted by molar-refractivity contribution is 8.28. The van der Waals surface area contributed by atoms with Gasteiger partial charge in [0.15, 0.2) is 0 Å². The first kappa shape index (κ1) is 18.7. The smallest absolute Gasteiger partial charge is 0.334 e. The van der Waals surface area contributed by atoms with Crippen LogP contribution in [-0.4, -0.2) is 35.8 Å². The van der Waals surface area contributed by atoms with Crippen LogP contribution in [0.3, 0.4) is 0 Å². The number of hydrogen-bond donors (Lipinski definition) is 0. The predicted octanol–water partition coefficient (Wildman–Crippen LogP) is 4.73. The molecule has 0 amide bonds. The maximum Gasteiger partial charge on any atom is 0.334 e. The zero-order chi connectivity index (χ0) is 14.2. The second kappa shape index (κ2) is 8.79. The molecule has 0 aliphatic rings. The lowest BCUT2D eigenvalue weighted by Crippen LogP contribution is -2.38. The summed E-state index contributed by atoms with van der Waals surface area (Å²) >= 11 is 2.29. The van der Waals surface area contributed by atoms with Gasteiger partial charge in [0, 0.05) is 14.2 Å². The predicted molar refractivity (Wildman–Crippen MR) is 89.3 cm³/mol. The largest absolute Gasteiger partial charge is 0.398 e. The highest BCUT2D eigenvalue weighted by Gasteiger charge is 2.33. The van der Waals surface area contributed by atoms with Crippen molar-refractivity contribution in [3.05, 3.63) is 0 Å². The lowest BCUT2D eigenvalue weighted by molar-refractivity contribution is 0.244.